The highest BCUT2D eigenvalue weighted by molar-refractivity contribution is 8.76. The first-order valence-corrected chi connectivity index (χ1v) is 5.67. The minimum atomic E-state index is -0.963. The van der Waals surface area contributed by atoms with E-state index in [0.717, 1.165) is 11.5 Å². The van der Waals surface area contributed by atoms with Crippen molar-refractivity contribution in [3.63, 3.8) is 0 Å². The standard InChI is InChI=1S/C5H12N2O2S2/c6-1-3-10-11-4-2-7-5(8)9/h7H,1-4,6H2,(H,8,9). The van der Waals surface area contributed by atoms with Crippen LogP contribution in [0.1, 0.15) is 0 Å². The molecule has 0 aromatic heterocycles. The lowest BCUT2D eigenvalue weighted by molar-refractivity contribution is 0.195. The molecule has 4 nitrogen and oxygen atoms in total. The van der Waals surface area contributed by atoms with E-state index in [-0.39, 0.29) is 0 Å². The highest BCUT2D eigenvalue weighted by Gasteiger charge is 1.92. The van der Waals surface area contributed by atoms with Gasteiger partial charge in [0.05, 0.1) is 0 Å². The molecule has 0 spiro atoms. The minimum absolute atomic E-state index is 0.498. The summed E-state index contributed by atoms with van der Waals surface area (Å²) in [6.45, 7) is 1.17. The monoisotopic (exact) mass is 196 g/mol. The molecule has 0 aromatic rings. The quantitative estimate of drug-likeness (QED) is 0.428. The molecule has 4 N–H and O–H groups in total. The van der Waals surface area contributed by atoms with E-state index in [1.54, 1.807) is 21.6 Å². The van der Waals surface area contributed by atoms with Gasteiger partial charge in [0.15, 0.2) is 0 Å². The number of amides is 1. The van der Waals surface area contributed by atoms with Gasteiger partial charge in [0.2, 0.25) is 0 Å². The number of hydrogen-bond acceptors (Lipinski definition) is 4. The Labute approximate surface area is 73.7 Å². The fourth-order valence-electron chi connectivity index (χ4n) is 0.366. The Balaban J connectivity index is 2.85. The summed E-state index contributed by atoms with van der Waals surface area (Å²) in [6.07, 6.45) is -0.963. The fraction of sp³-hybridized carbons (Fsp3) is 0.800. The van der Waals surface area contributed by atoms with Crippen LogP contribution in [-0.4, -0.2) is 35.8 Å². The van der Waals surface area contributed by atoms with Crippen LogP contribution in [0.3, 0.4) is 0 Å². The maximum Gasteiger partial charge on any atom is 0.404 e. The summed E-state index contributed by atoms with van der Waals surface area (Å²) in [6, 6.07) is 0. The van der Waals surface area contributed by atoms with Crippen LogP contribution in [0.15, 0.2) is 0 Å². The smallest absolute Gasteiger partial charge is 0.404 e. The Morgan fingerprint density at radius 3 is 2.64 bits per heavy atom. The van der Waals surface area contributed by atoms with Crippen LogP contribution in [0.5, 0.6) is 0 Å². The molecule has 0 saturated carbocycles. The van der Waals surface area contributed by atoms with E-state index >= 15 is 0 Å². The molecule has 0 rings (SSSR count). The SMILES string of the molecule is NCCSSCCNC(=O)O. The van der Waals surface area contributed by atoms with Crippen LogP contribution in [-0.2, 0) is 0 Å². The van der Waals surface area contributed by atoms with Gasteiger partial charge in [0.1, 0.15) is 0 Å². The van der Waals surface area contributed by atoms with Crippen LogP contribution in [0, 0.1) is 0 Å². The van der Waals surface area contributed by atoms with Gasteiger partial charge in [0, 0.05) is 24.6 Å². The first-order valence-electron chi connectivity index (χ1n) is 3.18. The van der Waals surface area contributed by atoms with E-state index in [1.165, 1.54) is 0 Å². The molecule has 0 fully saturated rings. The van der Waals surface area contributed by atoms with E-state index in [2.05, 4.69) is 5.32 Å². The van der Waals surface area contributed by atoms with Gasteiger partial charge in [0.25, 0.3) is 0 Å². The lowest BCUT2D eigenvalue weighted by atomic mass is 10.7. The minimum Gasteiger partial charge on any atom is -0.465 e. The zero-order chi connectivity index (χ0) is 8.53. The zero-order valence-corrected chi connectivity index (χ0v) is 7.71. The molecule has 0 atom stereocenters. The van der Waals surface area contributed by atoms with Crippen LogP contribution in [0.25, 0.3) is 0 Å². The Morgan fingerprint density at radius 1 is 1.45 bits per heavy atom. The van der Waals surface area contributed by atoms with Gasteiger partial charge in [-0.1, -0.05) is 21.6 Å². The zero-order valence-electron chi connectivity index (χ0n) is 6.08. The van der Waals surface area contributed by atoms with Gasteiger partial charge in [-0.2, -0.15) is 0 Å². The van der Waals surface area contributed by atoms with Gasteiger partial charge < -0.3 is 16.2 Å². The van der Waals surface area contributed by atoms with Crippen LogP contribution in [0.4, 0.5) is 4.79 Å². The second-order valence-electron chi connectivity index (χ2n) is 1.66. The molecule has 11 heavy (non-hydrogen) atoms. The summed E-state index contributed by atoms with van der Waals surface area (Å²) in [5.74, 6) is 1.70. The van der Waals surface area contributed by atoms with Gasteiger partial charge in [-0.3, -0.25) is 0 Å². The molecule has 0 unspecified atom stereocenters. The number of nitrogens with two attached hydrogens (primary N) is 1. The van der Waals surface area contributed by atoms with E-state index in [4.69, 9.17) is 10.8 Å². The molecule has 0 aliphatic carbocycles. The lowest BCUT2D eigenvalue weighted by Crippen LogP contribution is -2.23. The third-order valence-corrected chi connectivity index (χ3v) is 3.19. The second kappa shape index (κ2) is 8.03. The van der Waals surface area contributed by atoms with E-state index in [1.807, 2.05) is 0 Å². The van der Waals surface area contributed by atoms with E-state index < -0.39 is 6.09 Å². The molecule has 0 aliphatic heterocycles. The Bertz CT molecular complexity index is 113. The molecule has 6 heteroatoms. The molecule has 66 valence electrons. The summed E-state index contributed by atoms with van der Waals surface area (Å²) in [4.78, 5) is 9.94. The van der Waals surface area contributed by atoms with Crippen LogP contribution in [0.2, 0.25) is 0 Å². The molecule has 0 bridgehead atoms. The Kier molecular flexibility index (Phi) is 7.98. The van der Waals surface area contributed by atoms with Gasteiger partial charge in [-0.25, -0.2) is 4.79 Å². The molecule has 0 aromatic carbocycles. The maximum atomic E-state index is 9.94. The van der Waals surface area contributed by atoms with E-state index in [0.29, 0.717) is 13.1 Å². The number of hydrogen-bond donors (Lipinski definition) is 3. The first-order chi connectivity index (χ1) is 5.27. The molecule has 0 aliphatic rings. The predicted octanol–water partition coefficient (Wildman–Crippen LogP) is 0.594. The summed E-state index contributed by atoms with van der Waals surface area (Å²) in [5.41, 5.74) is 5.25. The van der Waals surface area contributed by atoms with Gasteiger partial charge in [-0.15, -0.1) is 0 Å². The topological polar surface area (TPSA) is 75.3 Å². The third kappa shape index (κ3) is 9.93. The van der Waals surface area contributed by atoms with Crippen LogP contribution < -0.4 is 11.1 Å². The normalized spacial score (nSPS) is 9.55. The maximum absolute atomic E-state index is 9.94. The van der Waals surface area contributed by atoms with Crippen molar-refractivity contribution >= 4 is 27.7 Å². The average molecular weight is 196 g/mol. The summed E-state index contributed by atoms with van der Waals surface area (Å²) in [7, 11) is 3.29. The van der Waals surface area contributed by atoms with Crippen molar-refractivity contribution in [2.75, 3.05) is 24.6 Å². The summed E-state index contributed by atoms with van der Waals surface area (Å²) in [5, 5.41) is 10.4. The second-order valence-corrected chi connectivity index (χ2v) is 4.37. The molecular weight excluding hydrogens is 184 g/mol. The number of carboxylic acid groups (broad SMARTS) is 1. The fourth-order valence-corrected chi connectivity index (χ4v) is 2.13. The number of nitrogens with one attached hydrogen (secondary N) is 1. The van der Waals surface area contributed by atoms with Crippen LogP contribution >= 0.6 is 21.6 Å². The highest BCUT2D eigenvalue weighted by Crippen LogP contribution is 2.18. The Morgan fingerprint density at radius 2 is 2.09 bits per heavy atom. The van der Waals surface area contributed by atoms with Gasteiger partial charge in [-0.05, 0) is 0 Å². The van der Waals surface area contributed by atoms with Gasteiger partial charge >= 0.3 is 6.09 Å². The van der Waals surface area contributed by atoms with Crippen molar-refractivity contribution in [1.29, 1.82) is 0 Å². The Hall–Kier alpha value is -0.0700. The van der Waals surface area contributed by atoms with Crippen molar-refractivity contribution < 1.29 is 9.90 Å². The number of rotatable bonds is 6. The predicted molar refractivity (Wildman–Crippen MR) is 50.0 cm³/mol. The van der Waals surface area contributed by atoms with Crippen molar-refractivity contribution in [3.8, 4) is 0 Å². The average Bonchev–Trinajstić information content (AvgIpc) is 1.96. The molecule has 1 amide bonds. The lowest BCUT2D eigenvalue weighted by Gasteiger charge is -1.99. The first kappa shape index (κ1) is 10.9. The van der Waals surface area contributed by atoms with E-state index in [9.17, 15) is 4.79 Å². The largest absolute Gasteiger partial charge is 0.465 e. The number of carbonyl (C=O) groups is 1. The molecular formula is C5H12N2O2S2. The van der Waals surface area contributed by atoms with Crippen molar-refractivity contribution in [2.45, 2.75) is 0 Å². The molecule has 0 heterocycles. The molecule has 0 radical (unpaired) electrons. The van der Waals surface area contributed by atoms with Crippen molar-refractivity contribution in [1.82, 2.24) is 5.32 Å². The summed E-state index contributed by atoms with van der Waals surface area (Å²) >= 11 is 0. The third-order valence-electron chi connectivity index (χ3n) is 0.746. The van der Waals surface area contributed by atoms with Crippen molar-refractivity contribution in [3.05, 3.63) is 0 Å². The summed E-state index contributed by atoms with van der Waals surface area (Å²) < 4.78 is 0. The van der Waals surface area contributed by atoms with Crippen molar-refractivity contribution in [2.24, 2.45) is 5.73 Å². The molecule has 0 saturated heterocycles. The highest BCUT2D eigenvalue weighted by atomic mass is 33.1.